The molecule has 0 bridgehead atoms. The molecule has 30 heavy (non-hydrogen) atoms. The van der Waals surface area contributed by atoms with E-state index in [9.17, 15) is 32.7 Å². The number of nitrogens with zero attached hydrogens (tertiary/aromatic N) is 3. The first-order valence-corrected chi connectivity index (χ1v) is 10.1. The SMILES string of the molecule is CCn1c(=O)c2c(C)c(CNN(C(=O)O)C(C)(C)C)sc2n(CCC(F)(F)F)c1=O. The highest BCUT2D eigenvalue weighted by Crippen LogP contribution is 2.29. The summed E-state index contributed by atoms with van der Waals surface area (Å²) in [5.74, 6) is 0. The number of aromatic nitrogens is 2. The predicted octanol–water partition coefficient (Wildman–Crippen LogP) is 3.29. The molecule has 0 aromatic carbocycles. The van der Waals surface area contributed by atoms with Gasteiger partial charge in [0.05, 0.1) is 23.9 Å². The van der Waals surface area contributed by atoms with Crippen molar-refractivity contribution in [2.75, 3.05) is 0 Å². The summed E-state index contributed by atoms with van der Waals surface area (Å²) >= 11 is 1.01. The molecule has 2 N–H and O–H groups in total. The van der Waals surface area contributed by atoms with Crippen LogP contribution in [0.5, 0.6) is 0 Å². The van der Waals surface area contributed by atoms with Crippen LogP contribution in [0.25, 0.3) is 10.2 Å². The molecular formula is C18H25F3N4O4S. The summed E-state index contributed by atoms with van der Waals surface area (Å²) in [6, 6.07) is 0. The smallest absolute Gasteiger partial charge is 0.422 e. The van der Waals surface area contributed by atoms with E-state index in [1.54, 1.807) is 34.6 Å². The third kappa shape index (κ3) is 4.86. The Morgan fingerprint density at radius 1 is 1.20 bits per heavy atom. The average Bonchev–Trinajstić information content (AvgIpc) is 2.89. The number of alkyl halides is 3. The monoisotopic (exact) mass is 450 g/mol. The number of hydrogen-bond donors (Lipinski definition) is 2. The molecule has 8 nitrogen and oxygen atoms in total. The number of hydrazine groups is 1. The predicted molar refractivity (Wildman–Crippen MR) is 108 cm³/mol. The fourth-order valence-electron chi connectivity index (χ4n) is 3.07. The van der Waals surface area contributed by atoms with Crippen LogP contribution in [0.2, 0.25) is 0 Å². The van der Waals surface area contributed by atoms with E-state index in [1.807, 2.05) is 0 Å². The van der Waals surface area contributed by atoms with Gasteiger partial charge in [0.25, 0.3) is 5.56 Å². The molecule has 0 saturated carbocycles. The minimum Gasteiger partial charge on any atom is -0.464 e. The highest BCUT2D eigenvalue weighted by molar-refractivity contribution is 7.18. The van der Waals surface area contributed by atoms with Crippen molar-refractivity contribution in [2.45, 2.75) is 72.4 Å². The maximum absolute atomic E-state index is 12.8. The molecule has 168 valence electrons. The Kier molecular flexibility index (Phi) is 6.72. The number of thiophene rings is 1. The summed E-state index contributed by atoms with van der Waals surface area (Å²) in [5.41, 5.74) is 1.19. The quantitative estimate of drug-likeness (QED) is 0.659. The minimum absolute atomic E-state index is 0.0271. The fraction of sp³-hybridized carbons (Fsp3) is 0.611. The summed E-state index contributed by atoms with van der Waals surface area (Å²) in [6.07, 6.45) is -6.85. The number of fused-ring (bicyclic) bond motifs is 1. The van der Waals surface area contributed by atoms with E-state index >= 15 is 0 Å². The van der Waals surface area contributed by atoms with Gasteiger partial charge in [-0.15, -0.1) is 11.3 Å². The fourth-order valence-corrected chi connectivity index (χ4v) is 4.31. The molecule has 0 aliphatic rings. The lowest BCUT2D eigenvalue weighted by molar-refractivity contribution is -0.136. The van der Waals surface area contributed by atoms with Crippen LogP contribution in [0.3, 0.4) is 0 Å². The third-order valence-electron chi connectivity index (χ3n) is 4.59. The summed E-state index contributed by atoms with van der Waals surface area (Å²) in [5, 5.41) is 10.6. The lowest BCUT2D eigenvalue weighted by Gasteiger charge is -2.33. The molecule has 0 saturated heterocycles. The number of halogens is 3. The molecule has 0 spiro atoms. The highest BCUT2D eigenvalue weighted by Gasteiger charge is 2.29. The van der Waals surface area contributed by atoms with E-state index < -0.39 is 42.0 Å². The molecular weight excluding hydrogens is 425 g/mol. The number of rotatable bonds is 6. The van der Waals surface area contributed by atoms with Gasteiger partial charge in [0, 0.05) is 18.0 Å². The van der Waals surface area contributed by atoms with Gasteiger partial charge in [-0.05, 0) is 40.2 Å². The van der Waals surface area contributed by atoms with Crippen molar-refractivity contribution in [3.63, 3.8) is 0 Å². The molecule has 2 aromatic rings. The lowest BCUT2D eigenvalue weighted by Crippen LogP contribution is -2.52. The van der Waals surface area contributed by atoms with Gasteiger partial charge in [0.1, 0.15) is 4.83 Å². The first-order chi connectivity index (χ1) is 13.7. The van der Waals surface area contributed by atoms with Crippen LogP contribution >= 0.6 is 11.3 Å². The Balaban J connectivity index is 2.58. The minimum atomic E-state index is -4.45. The Morgan fingerprint density at radius 2 is 1.80 bits per heavy atom. The maximum atomic E-state index is 12.8. The van der Waals surface area contributed by atoms with Gasteiger partial charge < -0.3 is 5.11 Å². The molecule has 1 amide bonds. The molecule has 0 aliphatic carbocycles. The molecule has 2 heterocycles. The normalized spacial score (nSPS) is 12.5. The van der Waals surface area contributed by atoms with Crippen molar-refractivity contribution in [3.05, 3.63) is 31.3 Å². The van der Waals surface area contributed by atoms with Gasteiger partial charge in [-0.1, -0.05) is 0 Å². The summed E-state index contributed by atoms with van der Waals surface area (Å²) in [4.78, 5) is 37.6. The number of carboxylic acid groups (broad SMARTS) is 1. The number of carbonyl (C=O) groups is 1. The maximum Gasteiger partial charge on any atom is 0.422 e. The second-order valence-electron chi connectivity index (χ2n) is 7.80. The number of amides is 1. The van der Waals surface area contributed by atoms with Gasteiger partial charge in [-0.2, -0.15) is 13.2 Å². The van der Waals surface area contributed by atoms with E-state index in [0.29, 0.717) is 10.4 Å². The van der Waals surface area contributed by atoms with E-state index in [1.165, 1.54) is 0 Å². The van der Waals surface area contributed by atoms with Crippen molar-refractivity contribution < 1.29 is 23.1 Å². The molecule has 12 heteroatoms. The Hall–Kier alpha value is -2.34. The van der Waals surface area contributed by atoms with Gasteiger partial charge >= 0.3 is 18.0 Å². The van der Waals surface area contributed by atoms with Crippen molar-refractivity contribution in [2.24, 2.45) is 0 Å². The second-order valence-corrected chi connectivity index (χ2v) is 8.89. The zero-order valence-electron chi connectivity index (χ0n) is 17.4. The van der Waals surface area contributed by atoms with E-state index in [4.69, 9.17) is 0 Å². The Morgan fingerprint density at radius 3 is 2.27 bits per heavy atom. The molecule has 0 unspecified atom stereocenters. The average molecular weight is 450 g/mol. The molecule has 0 radical (unpaired) electrons. The van der Waals surface area contributed by atoms with Crippen molar-refractivity contribution in [1.29, 1.82) is 0 Å². The van der Waals surface area contributed by atoms with Crippen LogP contribution in [0.1, 0.15) is 44.6 Å². The zero-order chi connectivity index (χ0) is 23.0. The third-order valence-corrected chi connectivity index (χ3v) is 5.90. The first kappa shape index (κ1) is 23.9. The topological polar surface area (TPSA) is 96.6 Å². The van der Waals surface area contributed by atoms with Crippen LogP contribution in [0.15, 0.2) is 9.59 Å². The lowest BCUT2D eigenvalue weighted by atomic mass is 10.1. The summed E-state index contributed by atoms with van der Waals surface area (Å²) in [7, 11) is 0. The van der Waals surface area contributed by atoms with E-state index in [2.05, 4.69) is 5.43 Å². The van der Waals surface area contributed by atoms with Crippen molar-refractivity contribution in [1.82, 2.24) is 19.6 Å². The molecule has 0 atom stereocenters. The van der Waals surface area contributed by atoms with Crippen LogP contribution in [0.4, 0.5) is 18.0 Å². The van der Waals surface area contributed by atoms with Crippen LogP contribution in [-0.4, -0.2) is 37.1 Å². The van der Waals surface area contributed by atoms with E-state index in [-0.39, 0.29) is 23.3 Å². The standard InChI is InChI=1S/C18H25F3N4O4S/c1-6-23-13(26)12-10(2)11(9-22-25(16(28)29)17(3,4)5)30-14(12)24(15(23)27)8-7-18(19,20)21/h22H,6-9H2,1-5H3,(H,28,29). The number of hydrogen-bond acceptors (Lipinski definition) is 5. The first-order valence-electron chi connectivity index (χ1n) is 9.28. The van der Waals surface area contributed by atoms with Crippen LogP contribution in [-0.2, 0) is 19.6 Å². The van der Waals surface area contributed by atoms with Crippen molar-refractivity contribution >= 4 is 27.6 Å². The van der Waals surface area contributed by atoms with Crippen molar-refractivity contribution in [3.8, 4) is 0 Å². The van der Waals surface area contributed by atoms with E-state index in [0.717, 1.165) is 25.5 Å². The van der Waals surface area contributed by atoms with Crippen LogP contribution in [0, 0.1) is 6.92 Å². The largest absolute Gasteiger partial charge is 0.464 e. The van der Waals surface area contributed by atoms with Gasteiger partial charge in [0.2, 0.25) is 0 Å². The Bertz CT molecular complexity index is 1060. The molecule has 0 fully saturated rings. The summed E-state index contributed by atoms with van der Waals surface area (Å²) in [6.45, 7) is 7.75. The Labute approximate surface area is 174 Å². The highest BCUT2D eigenvalue weighted by atomic mass is 32.1. The van der Waals surface area contributed by atoms with Gasteiger partial charge in [-0.25, -0.2) is 20.0 Å². The van der Waals surface area contributed by atoms with Gasteiger partial charge in [-0.3, -0.25) is 13.9 Å². The number of aryl methyl sites for hydroxylation is 2. The van der Waals surface area contributed by atoms with Crippen LogP contribution < -0.4 is 16.7 Å². The molecule has 2 aromatic heterocycles. The zero-order valence-corrected chi connectivity index (χ0v) is 18.2. The number of nitrogens with one attached hydrogen (secondary N) is 1. The summed E-state index contributed by atoms with van der Waals surface area (Å²) < 4.78 is 40.2. The molecule has 0 aliphatic heterocycles. The molecule has 2 rings (SSSR count). The van der Waals surface area contributed by atoms with Gasteiger partial charge in [0.15, 0.2) is 0 Å². The second kappa shape index (κ2) is 8.42.